The van der Waals surface area contributed by atoms with Crippen LogP contribution in [0, 0.1) is 5.92 Å². The van der Waals surface area contributed by atoms with Gasteiger partial charge in [-0.25, -0.2) is 9.79 Å². The first kappa shape index (κ1) is 22.7. The zero-order valence-corrected chi connectivity index (χ0v) is 18.3. The van der Waals surface area contributed by atoms with E-state index in [4.69, 9.17) is 4.74 Å². The van der Waals surface area contributed by atoms with Crippen LogP contribution in [0.15, 0.2) is 4.99 Å². The number of guanidine groups is 1. The van der Waals surface area contributed by atoms with Gasteiger partial charge in [-0.15, -0.1) is 0 Å². The number of nitrogens with one attached hydrogen (secondary N) is 1. The maximum atomic E-state index is 12.7. The lowest BCUT2D eigenvalue weighted by Gasteiger charge is -2.33. The third-order valence-electron chi connectivity index (χ3n) is 5.40. The average Bonchev–Trinajstić information content (AvgIpc) is 2.62. The first-order chi connectivity index (χ1) is 13.2. The van der Waals surface area contributed by atoms with Crippen molar-refractivity contribution in [2.24, 2.45) is 10.9 Å². The maximum absolute atomic E-state index is 12.7. The minimum Gasteiger partial charge on any atom is -0.444 e. The van der Waals surface area contributed by atoms with Crippen molar-refractivity contribution < 1.29 is 14.3 Å². The predicted molar refractivity (Wildman–Crippen MR) is 112 cm³/mol. The molecule has 0 aromatic rings. The third-order valence-corrected chi connectivity index (χ3v) is 5.40. The summed E-state index contributed by atoms with van der Waals surface area (Å²) >= 11 is 0. The first-order valence-corrected chi connectivity index (χ1v) is 11.1. The molecule has 6 heteroatoms. The smallest absolute Gasteiger partial charge is 0.414 e. The van der Waals surface area contributed by atoms with Crippen LogP contribution in [0.4, 0.5) is 4.79 Å². The van der Waals surface area contributed by atoms with Gasteiger partial charge in [0.25, 0.3) is 0 Å². The van der Waals surface area contributed by atoms with Gasteiger partial charge in [-0.3, -0.25) is 15.0 Å². The summed E-state index contributed by atoms with van der Waals surface area (Å²) in [5.41, 5.74) is -0.589. The van der Waals surface area contributed by atoms with Crippen LogP contribution in [-0.4, -0.2) is 41.0 Å². The molecule has 0 unspecified atom stereocenters. The van der Waals surface area contributed by atoms with Gasteiger partial charge >= 0.3 is 6.09 Å². The molecule has 0 bridgehead atoms. The van der Waals surface area contributed by atoms with Gasteiger partial charge in [-0.1, -0.05) is 51.4 Å². The Morgan fingerprint density at radius 3 is 2.14 bits per heavy atom. The van der Waals surface area contributed by atoms with Crippen LogP contribution < -0.4 is 5.32 Å². The zero-order chi connectivity index (χ0) is 20.6. The van der Waals surface area contributed by atoms with Gasteiger partial charge in [0.2, 0.25) is 11.9 Å². The number of ether oxygens (including phenoxy) is 1. The van der Waals surface area contributed by atoms with E-state index in [-0.39, 0.29) is 11.9 Å². The molecule has 1 heterocycles. The Morgan fingerprint density at radius 1 is 1.07 bits per heavy atom. The van der Waals surface area contributed by atoms with Crippen LogP contribution in [0.25, 0.3) is 0 Å². The molecular weight excluding hydrogens is 354 g/mol. The Labute approximate surface area is 170 Å². The number of hydrogen-bond acceptors (Lipinski definition) is 4. The van der Waals surface area contributed by atoms with Crippen LogP contribution in [-0.2, 0) is 9.53 Å². The zero-order valence-electron chi connectivity index (χ0n) is 18.3. The summed E-state index contributed by atoms with van der Waals surface area (Å²) in [7, 11) is 0. The van der Waals surface area contributed by atoms with Gasteiger partial charge in [-0.05, 0) is 46.5 Å². The van der Waals surface area contributed by atoms with E-state index in [0.717, 1.165) is 12.8 Å². The van der Waals surface area contributed by atoms with E-state index in [1.807, 2.05) is 27.7 Å². The lowest BCUT2D eigenvalue weighted by Crippen LogP contribution is -2.53. The van der Waals surface area contributed by atoms with Crippen LogP contribution in [0.1, 0.15) is 98.3 Å². The Kier molecular flexibility index (Phi) is 8.77. The van der Waals surface area contributed by atoms with Crippen molar-refractivity contribution in [3.63, 3.8) is 0 Å². The number of nitrogens with zero attached hydrogens (tertiary/aromatic N) is 2. The Balaban J connectivity index is 2.04. The molecule has 0 radical (unpaired) electrons. The molecule has 28 heavy (non-hydrogen) atoms. The lowest BCUT2D eigenvalue weighted by molar-refractivity contribution is -0.129. The van der Waals surface area contributed by atoms with Crippen molar-refractivity contribution in [3.8, 4) is 0 Å². The lowest BCUT2D eigenvalue weighted by atomic mass is 9.94. The highest BCUT2D eigenvalue weighted by atomic mass is 16.6. The molecule has 2 rings (SSSR count). The highest BCUT2D eigenvalue weighted by Crippen LogP contribution is 2.24. The van der Waals surface area contributed by atoms with E-state index in [1.54, 1.807) is 4.90 Å². The topological polar surface area (TPSA) is 71.0 Å². The summed E-state index contributed by atoms with van der Waals surface area (Å²) in [6.07, 6.45) is 12.4. The second-order valence-electron chi connectivity index (χ2n) is 9.41. The molecule has 1 N–H and O–H groups in total. The van der Waals surface area contributed by atoms with E-state index < -0.39 is 11.7 Å². The summed E-state index contributed by atoms with van der Waals surface area (Å²) in [4.78, 5) is 31.2. The van der Waals surface area contributed by atoms with Crippen LogP contribution in [0.5, 0.6) is 0 Å². The van der Waals surface area contributed by atoms with Crippen molar-refractivity contribution in [3.05, 3.63) is 0 Å². The molecular formula is C22H39N3O3. The molecule has 1 atom stereocenters. The quantitative estimate of drug-likeness (QED) is 0.716. The van der Waals surface area contributed by atoms with Gasteiger partial charge in [0.15, 0.2) is 0 Å². The largest absolute Gasteiger partial charge is 0.444 e. The third kappa shape index (κ3) is 8.19. The average molecular weight is 394 g/mol. The van der Waals surface area contributed by atoms with E-state index in [2.05, 4.69) is 10.3 Å². The molecule has 1 saturated carbocycles. The first-order valence-electron chi connectivity index (χ1n) is 11.1. The Bertz CT molecular complexity index is 542. The van der Waals surface area contributed by atoms with E-state index in [0.29, 0.717) is 24.8 Å². The van der Waals surface area contributed by atoms with Crippen molar-refractivity contribution in [1.82, 2.24) is 10.2 Å². The van der Waals surface area contributed by atoms with E-state index in [9.17, 15) is 9.59 Å². The summed E-state index contributed by atoms with van der Waals surface area (Å²) in [5, 5.41) is 2.73. The van der Waals surface area contributed by atoms with Crippen LogP contribution in [0.2, 0.25) is 0 Å². The van der Waals surface area contributed by atoms with E-state index >= 15 is 0 Å². The predicted octanol–water partition coefficient (Wildman–Crippen LogP) is 5.02. The van der Waals surface area contributed by atoms with Crippen molar-refractivity contribution in [2.75, 3.05) is 6.54 Å². The molecule has 1 fully saturated rings. The molecule has 1 aliphatic carbocycles. The fraction of sp³-hybridized carbons (Fsp3) is 0.864. The molecule has 1 aliphatic heterocycles. The summed E-state index contributed by atoms with van der Waals surface area (Å²) in [6, 6.07) is -0.124. The molecule has 2 amide bonds. The number of alkyl carbamates (subject to hydrolysis) is 1. The normalized spacial score (nSPS) is 23.6. The minimum absolute atomic E-state index is 0.0443. The number of carbonyl (C=O) groups is 2. The number of hydrogen-bond donors (Lipinski definition) is 1. The molecule has 0 aromatic heterocycles. The van der Waals surface area contributed by atoms with Crippen LogP contribution in [0.3, 0.4) is 0 Å². The van der Waals surface area contributed by atoms with Gasteiger partial charge in [-0.2, -0.15) is 0 Å². The number of amides is 2. The molecule has 2 aliphatic rings. The molecule has 0 spiro atoms. The molecule has 6 nitrogen and oxygen atoms in total. The summed E-state index contributed by atoms with van der Waals surface area (Å²) in [6.45, 7) is 8.01. The highest BCUT2D eigenvalue weighted by molar-refractivity contribution is 6.04. The number of carbonyl (C=O) groups excluding carboxylic acids is 2. The Hall–Kier alpha value is -1.59. The fourth-order valence-electron chi connectivity index (χ4n) is 4.00. The highest BCUT2D eigenvalue weighted by Gasteiger charge is 2.31. The van der Waals surface area contributed by atoms with Gasteiger partial charge in [0, 0.05) is 13.0 Å². The number of aliphatic imine (C=N–C) groups is 1. The molecule has 160 valence electrons. The van der Waals surface area contributed by atoms with Crippen molar-refractivity contribution in [1.29, 1.82) is 0 Å². The van der Waals surface area contributed by atoms with Gasteiger partial charge in [0.05, 0.1) is 6.04 Å². The second-order valence-corrected chi connectivity index (χ2v) is 9.41. The molecule has 0 saturated heterocycles. The Morgan fingerprint density at radius 2 is 1.61 bits per heavy atom. The summed E-state index contributed by atoms with van der Waals surface area (Å²) < 4.78 is 5.36. The fourth-order valence-corrected chi connectivity index (χ4v) is 4.00. The standard InChI is InChI=1S/C22H39N3O3/c1-17-15-19(26)25(20(23-17)24-21(27)28-22(2,3)4)16-18-13-11-9-7-5-6-8-10-12-14-18/h17-18H,5-16H2,1-4H3,(H,23,24,27)/t17-/m1/s1. The second kappa shape index (κ2) is 10.8. The van der Waals surface area contributed by atoms with Gasteiger partial charge in [0.1, 0.15) is 5.60 Å². The maximum Gasteiger partial charge on any atom is 0.414 e. The SMILES string of the molecule is C[C@@H]1CC(=O)N(CC2CCCCCCCCCC2)C(NC(=O)OC(C)(C)C)=N1. The monoisotopic (exact) mass is 393 g/mol. The summed E-state index contributed by atoms with van der Waals surface area (Å²) in [5.74, 6) is 0.858. The van der Waals surface area contributed by atoms with Crippen molar-refractivity contribution in [2.45, 2.75) is 110 Å². The molecule has 0 aromatic carbocycles. The van der Waals surface area contributed by atoms with Crippen molar-refractivity contribution >= 4 is 18.0 Å². The van der Waals surface area contributed by atoms with Gasteiger partial charge < -0.3 is 4.74 Å². The van der Waals surface area contributed by atoms with E-state index in [1.165, 1.54) is 51.4 Å². The number of rotatable bonds is 2. The van der Waals surface area contributed by atoms with Crippen LogP contribution >= 0.6 is 0 Å². The minimum atomic E-state index is -0.589.